The van der Waals surface area contributed by atoms with E-state index in [1.54, 1.807) is 0 Å². The smallest absolute Gasteiger partial charge is 0.193 e. The Hall–Kier alpha value is -3.39. The van der Waals surface area contributed by atoms with Crippen LogP contribution in [0.5, 0.6) is 0 Å². The molecule has 2 nitrogen and oxygen atoms in total. The first-order valence-electron chi connectivity index (χ1n) is 9.17. The van der Waals surface area contributed by atoms with Crippen LogP contribution >= 0.6 is 0 Å². The predicted octanol–water partition coefficient (Wildman–Crippen LogP) is 6.32. The number of aromatic amines is 1. The van der Waals surface area contributed by atoms with Crippen LogP contribution in [0.4, 0.5) is 0 Å². The third-order valence-electron chi connectivity index (χ3n) is 5.39. The molecule has 0 unspecified atom stereocenters. The predicted molar refractivity (Wildman–Crippen MR) is 113 cm³/mol. The third-order valence-corrected chi connectivity index (χ3v) is 5.39. The Balaban J connectivity index is 1.72. The lowest BCUT2D eigenvalue weighted by molar-refractivity contribution is 0.103. The number of nitrogens with one attached hydrogen (secondary N) is 1. The number of carbonyl (C=O) groups is 1. The van der Waals surface area contributed by atoms with Gasteiger partial charge in [0.25, 0.3) is 0 Å². The SMILES string of the molecule is Cc1ccc(C)c(C(=O)c2ccc3c(c2)[nH]c2ccc4ccccc4c23)c1. The van der Waals surface area contributed by atoms with E-state index >= 15 is 0 Å². The summed E-state index contributed by atoms with van der Waals surface area (Å²) in [6.45, 7) is 4.00. The molecule has 0 spiro atoms. The maximum absolute atomic E-state index is 13.1. The highest BCUT2D eigenvalue weighted by Gasteiger charge is 2.15. The van der Waals surface area contributed by atoms with Crippen LogP contribution < -0.4 is 0 Å². The van der Waals surface area contributed by atoms with Crippen molar-refractivity contribution >= 4 is 38.4 Å². The number of aryl methyl sites for hydroxylation is 2. The van der Waals surface area contributed by atoms with Crippen molar-refractivity contribution in [1.29, 1.82) is 0 Å². The largest absolute Gasteiger partial charge is 0.354 e. The number of ketones is 1. The topological polar surface area (TPSA) is 32.9 Å². The fraction of sp³-hybridized carbons (Fsp3) is 0.0800. The summed E-state index contributed by atoms with van der Waals surface area (Å²) in [5.41, 5.74) is 5.69. The standard InChI is InChI=1S/C25H19NO/c1-15-7-8-16(2)21(13-15)25(27)18-9-11-20-23(14-18)26-22-12-10-17-5-3-4-6-19(17)24(20)22/h3-14,26H,1-2H3. The van der Waals surface area contributed by atoms with Crippen molar-refractivity contribution in [3.63, 3.8) is 0 Å². The zero-order valence-corrected chi connectivity index (χ0v) is 15.3. The molecular formula is C25H19NO. The molecule has 0 aliphatic carbocycles. The molecule has 0 saturated heterocycles. The Morgan fingerprint density at radius 3 is 2.52 bits per heavy atom. The summed E-state index contributed by atoms with van der Waals surface area (Å²) in [6, 6.07) is 24.7. The van der Waals surface area contributed by atoms with Gasteiger partial charge in [-0.15, -0.1) is 0 Å². The number of fused-ring (bicyclic) bond motifs is 5. The molecule has 5 aromatic rings. The van der Waals surface area contributed by atoms with Gasteiger partial charge in [0.2, 0.25) is 0 Å². The lowest BCUT2D eigenvalue weighted by atomic mass is 9.96. The van der Waals surface area contributed by atoms with Gasteiger partial charge in [-0.2, -0.15) is 0 Å². The Kier molecular flexibility index (Phi) is 3.41. The van der Waals surface area contributed by atoms with Crippen LogP contribution in [0.15, 0.2) is 72.8 Å². The van der Waals surface area contributed by atoms with Crippen LogP contribution in [0, 0.1) is 13.8 Å². The fourth-order valence-electron chi connectivity index (χ4n) is 3.95. The molecule has 0 radical (unpaired) electrons. The summed E-state index contributed by atoms with van der Waals surface area (Å²) in [5.74, 6) is 0.0709. The number of rotatable bonds is 2. The van der Waals surface area contributed by atoms with Crippen molar-refractivity contribution in [3.05, 3.63) is 95.1 Å². The molecule has 1 heterocycles. The summed E-state index contributed by atoms with van der Waals surface area (Å²) in [5, 5.41) is 4.82. The Morgan fingerprint density at radius 1 is 0.778 bits per heavy atom. The second-order valence-corrected chi connectivity index (χ2v) is 7.24. The van der Waals surface area contributed by atoms with Gasteiger partial charge >= 0.3 is 0 Å². The van der Waals surface area contributed by atoms with E-state index in [2.05, 4.69) is 47.4 Å². The molecule has 0 atom stereocenters. The van der Waals surface area contributed by atoms with Crippen molar-refractivity contribution < 1.29 is 4.79 Å². The van der Waals surface area contributed by atoms with Gasteiger partial charge < -0.3 is 4.98 Å². The van der Waals surface area contributed by atoms with Gasteiger partial charge in [0.15, 0.2) is 5.78 Å². The van der Waals surface area contributed by atoms with E-state index in [1.165, 1.54) is 16.2 Å². The maximum atomic E-state index is 13.1. The average Bonchev–Trinajstić information content (AvgIpc) is 3.07. The lowest BCUT2D eigenvalue weighted by Gasteiger charge is -2.07. The van der Waals surface area contributed by atoms with Crippen molar-refractivity contribution in [3.8, 4) is 0 Å². The minimum absolute atomic E-state index is 0.0709. The molecular weight excluding hydrogens is 330 g/mol. The number of carbonyl (C=O) groups excluding carboxylic acids is 1. The van der Waals surface area contributed by atoms with Gasteiger partial charge in [0.05, 0.1) is 0 Å². The van der Waals surface area contributed by atoms with E-state index in [-0.39, 0.29) is 5.78 Å². The molecule has 0 fully saturated rings. The number of hydrogen-bond acceptors (Lipinski definition) is 1. The highest BCUT2D eigenvalue weighted by Crippen LogP contribution is 2.33. The molecule has 5 rings (SSSR count). The first-order chi connectivity index (χ1) is 13.1. The summed E-state index contributed by atoms with van der Waals surface area (Å²) in [6.07, 6.45) is 0. The molecule has 0 bridgehead atoms. The highest BCUT2D eigenvalue weighted by atomic mass is 16.1. The van der Waals surface area contributed by atoms with Gasteiger partial charge in [-0.1, -0.05) is 60.2 Å². The number of hydrogen-bond donors (Lipinski definition) is 1. The summed E-state index contributed by atoms with van der Waals surface area (Å²) >= 11 is 0. The van der Waals surface area contributed by atoms with Gasteiger partial charge in [-0.25, -0.2) is 0 Å². The van der Waals surface area contributed by atoms with Crippen molar-refractivity contribution in [2.75, 3.05) is 0 Å². The normalized spacial score (nSPS) is 11.5. The summed E-state index contributed by atoms with van der Waals surface area (Å²) in [7, 11) is 0. The Labute approximate surface area is 157 Å². The van der Waals surface area contributed by atoms with E-state index in [1.807, 2.05) is 44.2 Å². The van der Waals surface area contributed by atoms with Crippen LogP contribution in [0.3, 0.4) is 0 Å². The van der Waals surface area contributed by atoms with Crippen LogP contribution in [0.1, 0.15) is 27.0 Å². The second-order valence-electron chi connectivity index (χ2n) is 7.24. The molecule has 130 valence electrons. The molecule has 0 saturated carbocycles. The number of benzene rings is 4. The van der Waals surface area contributed by atoms with Crippen molar-refractivity contribution in [1.82, 2.24) is 4.98 Å². The zero-order chi connectivity index (χ0) is 18.5. The fourth-order valence-corrected chi connectivity index (χ4v) is 3.95. The van der Waals surface area contributed by atoms with Gasteiger partial charge in [-0.3, -0.25) is 4.79 Å². The van der Waals surface area contributed by atoms with Crippen molar-refractivity contribution in [2.45, 2.75) is 13.8 Å². The molecule has 0 aliphatic heterocycles. The van der Waals surface area contributed by atoms with Crippen LogP contribution in [-0.2, 0) is 0 Å². The third kappa shape index (κ3) is 2.45. The molecule has 4 aromatic carbocycles. The first-order valence-corrected chi connectivity index (χ1v) is 9.17. The quantitative estimate of drug-likeness (QED) is 0.372. The van der Waals surface area contributed by atoms with Crippen molar-refractivity contribution in [2.24, 2.45) is 0 Å². The summed E-state index contributed by atoms with van der Waals surface area (Å²) in [4.78, 5) is 16.6. The minimum atomic E-state index is 0.0709. The van der Waals surface area contributed by atoms with Gasteiger partial charge in [-0.05, 0) is 48.4 Å². The van der Waals surface area contributed by atoms with Crippen LogP contribution in [-0.4, -0.2) is 10.8 Å². The average molecular weight is 349 g/mol. The molecule has 2 heteroatoms. The number of aromatic nitrogens is 1. The lowest BCUT2D eigenvalue weighted by Crippen LogP contribution is -2.04. The monoisotopic (exact) mass is 349 g/mol. The minimum Gasteiger partial charge on any atom is -0.354 e. The Bertz CT molecular complexity index is 1360. The molecule has 0 amide bonds. The highest BCUT2D eigenvalue weighted by molar-refractivity contribution is 6.21. The zero-order valence-electron chi connectivity index (χ0n) is 15.3. The van der Waals surface area contributed by atoms with Gasteiger partial charge in [0, 0.05) is 32.9 Å². The second kappa shape index (κ2) is 5.82. The molecule has 1 N–H and O–H groups in total. The van der Waals surface area contributed by atoms with Gasteiger partial charge in [0.1, 0.15) is 0 Å². The van der Waals surface area contributed by atoms with Crippen LogP contribution in [0.25, 0.3) is 32.6 Å². The van der Waals surface area contributed by atoms with E-state index < -0.39 is 0 Å². The molecule has 1 aromatic heterocycles. The van der Waals surface area contributed by atoms with Crippen LogP contribution in [0.2, 0.25) is 0 Å². The number of H-pyrrole nitrogens is 1. The Morgan fingerprint density at radius 2 is 1.63 bits per heavy atom. The summed E-state index contributed by atoms with van der Waals surface area (Å²) < 4.78 is 0. The maximum Gasteiger partial charge on any atom is 0.193 e. The van der Waals surface area contributed by atoms with E-state index in [9.17, 15) is 4.79 Å². The molecule has 0 aliphatic rings. The van der Waals surface area contributed by atoms with E-state index in [4.69, 9.17) is 0 Å². The van der Waals surface area contributed by atoms with E-state index in [0.29, 0.717) is 5.56 Å². The first kappa shape index (κ1) is 15.8. The molecule has 27 heavy (non-hydrogen) atoms. The van der Waals surface area contributed by atoms with E-state index in [0.717, 1.165) is 33.1 Å².